The molecule has 1 aromatic rings. The standard InChI is InChI=1S/C11H12N2O4S2/c1-18(14,15)13(19(2,16)17)9-11(8-12)10-6-4-3-5-7-10/h3-7,9H,1-2H3/b11-9-. The highest BCUT2D eigenvalue weighted by molar-refractivity contribution is 8.03. The normalized spacial score (nSPS) is 12.8. The van der Waals surface area contributed by atoms with Crippen LogP contribution in [0.5, 0.6) is 0 Å². The van der Waals surface area contributed by atoms with Crippen molar-refractivity contribution in [2.45, 2.75) is 0 Å². The number of allylic oxidation sites excluding steroid dienone is 1. The number of benzene rings is 1. The Labute approximate surface area is 112 Å². The Morgan fingerprint density at radius 1 is 1.11 bits per heavy atom. The number of nitriles is 1. The summed E-state index contributed by atoms with van der Waals surface area (Å²) in [6.07, 6.45) is 2.31. The van der Waals surface area contributed by atoms with Gasteiger partial charge < -0.3 is 0 Å². The first-order valence-corrected chi connectivity index (χ1v) is 8.73. The molecule has 0 N–H and O–H groups in total. The molecule has 0 spiro atoms. The topological polar surface area (TPSA) is 95.3 Å². The Balaban J connectivity index is 3.43. The summed E-state index contributed by atoms with van der Waals surface area (Å²) in [5.41, 5.74) is 0.374. The lowest BCUT2D eigenvalue weighted by Gasteiger charge is -2.15. The summed E-state index contributed by atoms with van der Waals surface area (Å²) in [6.45, 7) is 0. The Morgan fingerprint density at radius 2 is 1.58 bits per heavy atom. The first-order chi connectivity index (χ1) is 8.66. The molecular weight excluding hydrogens is 288 g/mol. The maximum absolute atomic E-state index is 11.5. The molecule has 19 heavy (non-hydrogen) atoms. The molecule has 0 fully saturated rings. The van der Waals surface area contributed by atoms with Crippen molar-refractivity contribution >= 4 is 25.6 Å². The van der Waals surface area contributed by atoms with Crippen molar-refractivity contribution in [1.29, 1.82) is 5.26 Å². The van der Waals surface area contributed by atoms with Crippen LogP contribution in [0.15, 0.2) is 36.5 Å². The molecule has 0 saturated heterocycles. The SMILES string of the molecule is CS(=O)(=O)N(/C=C(/C#N)c1ccccc1)S(C)(=O)=O. The number of sulfonamides is 2. The van der Waals surface area contributed by atoms with Crippen molar-refractivity contribution in [2.24, 2.45) is 0 Å². The molecule has 1 rings (SSSR count). The monoisotopic (exact) mass is 300 g/mol. The summed E-state index contributed by atoms with van der Waals surface area (Å²) >= 11 is 0. The van der Waals surface area contributed by atoms with Crippen molar-refractivity contribution in [1.82, 2.24) is 3.71 Å². The van der Waals surface area contributed by atoms with Gasteiger partial charge in [0.15, 0.2) is 0 Å². The van der Waals surface area contributed by atoms with Gasteiger partial charge in [0.25, 0.3) is 0 Å². The minimum Gasteiger partial charge on any atom is -0.206 e. The van der Waals surface area contributed by atoms with Gasteiger partial charge in [0, 0.05) is 0 Å². The molecule has 0 aliphatic carbocycles. The number of hydrogen-bond acceptors (Lipinski definition) is 5. The second-order valence-corrected chi connectivity index (χ2v) is 7.72. The predicted octanol–water partition coefficient (Wildman–Crippen LogP) is 0.772. The maximum atomic E-state index is 11.5. The van der Waals surface area contributed by atoms with Crippen LogP contribution in [0, 0.1) is 11.3 Å². The summed E-state index contributed by atoms with van der Waals surface area (Å²) < 4.78 is 46.0. The van der Waals surface area contributed by atoms with Crippen molar-refractivity contribution < 1.29 is 16.8 Å². The molecular formula is C11H12N2O4S2. The molecule has 1 aromatic carbocycles. The molecule has 0 radical (unpaired) electrons. The third kappa shape index (κ3) is 4.08. The zero-order valence-electron chi connectivity index (χ0n) is 10.3. The summed E-state index contributed by atoms with van der Waals surface area (Å²) in [4.78, 5) is 0. The number of hydrogen-bond donors (Lipinski definition) is 0. The maximum Gasteiger partial charge on any atom is 0.244 e. The first kappa shape index (κ1) is 15.2. The van der Waals surface area contributed by atoms with Crippen LogP contribution in [0.3, 0.4) is 0 Å². The summed E-state index contributed by atoms with van der Waals surface area (Å²) in [5, 5.41) is 9.03. The highest BCUT2D eigenvalue weighted by Crippen LogP contribution is 2.17. The van der Waals surface area contributed by atoms with E-state index in [9.17, 15) is 16.8 Å². The van der Waals surface area contributed by atoms with Gasteiger partial charge in [-0.15, -0.1) is 0 Å². The van der Waals surface area contributed by atoms with E-state index in [4.69, 9.17) is 5.26 Å². The number of rotatable bonds is 4. The second-order valence-electron chi connectivity index (χ2n) is 3.77. The minimum absolute atomic E-state index is 0.0588. The van der Waals surface area contributed by atoms with Gasteiger partial charge in [-0.05, 0) is 5.56 Å². The zero-order valence-corrected chi connectivity index (χ0v) is 11.9. The van der Waals surface area contributed by atoms with E-state index in [1.807, 2.05) is 0 Å². The van der Waals surface area contributed by atoms with Gasteiger partial charge >= 0.3 is 0 Å². The van der Waals surface area contributed by atoms with Gasteiger partial charge in [-0.2, -0.15) is 8.97 Å². The molecule has 8 heteroatoms. The molecule has 0 aliphatic heterocycles. The Hall–Kier alpha value is -1.85. The van der Waals surface area contributed by atoms with Crippen molar-refractivity contribution in [2.75, 3.05) is 12.5 Å². The second kappa shape index (κ2) is 5.42. The third-order valence-electron chi connectivity index (χ3n) is 2.09. The lowest BCUT2D eigenvalue weighted by atomic mass is 10.1. The largest absolute Gasteiger partial charge is 0.244 e. The van der Waals surface area contributed by atoms with E-state index in [-0.39, 0.29) is 9.28 Å². The van der Waals surface area contributed by atoms with E-state index in [2.05, 4.69) is 0 Å². The van der Waals surface area contributed by atoms with Gasteiger partial charge in [0.1, 0.15) is 6.07 Å². The predicted molar refractivity (Wildman–Crippen MR) is 71.6 cm³/mol. The zero-order chi connectivity index (χ0) is 14.7. The Bertz CT molecular complexity index is 697. The van der Waals surface area contributed by atoms with Gasteiger partial charge in [0.05, 0.1) is 24.3 Å². The molecule has 0 unspecified atom stereocenters. The smallest absolute Gasteiger partial charge is 0.206 e. The lowest BCUT2D eigenvalue weighted by molar-refractivity contribution is 0.545. The summed E-state index contributed by atoms with van der Waals surface area (Å²) in [5.74, 6) is 0. The number of nitrogens with zero attached hydrogens (tertiary/aromatic N) is 2. The molecule has 0 aliphatic rings. The van der Waals surface area contributed by atoms with E-state index < -0.39 is 20.0 Å². The molecule has 0 saturated carbocycles. The molecule has 102 valence electrons. The van der Waals surface area contributed by atoms with Crippen LogP contribution in [-0.2, 0) is 20.0 Å². The van der Waals surface area contributed by atoms with Gasteiger partial charge in [-0.3, -0.25) is 0 Å². The van der Waals surface area contributed by atoms with E-state index in [0.29, 0.717) is 5.56 Å². The average molecular weight is 300 g/mol. The quantitative estimate of drug-likeness (QED) is 0.765. The van der Waals surface area contributed by atoms with Crippen LogP contribution < -0.4 is 0 Å². The van der Waals surface area contributed by atoms with E-state index >= 15 is 0 Å². The average Bonchev–Trinajstić information content (AvgIpc) is 2.28. The molecule has 6 nitrogen and oxygen atoms in total. The van der Waals surface area contributed by atoms with Crippen molar-refractivity contribution in [3.8, 4) is 6.07 Å². The van der Waals surface area contributed by atoms with Crippen LogP contribution in [-0.4, -0.2) is 33.1 Å². The molecule has 0 bridgehead atoms. The van der Waals surface area contributed by atoms with Crippen LogP contribution >= 0.6 is 0 Å². The summed E-state index contributed by atoms with van der Waals surface area (Å²) in [6, 6.07) is 9.99. The van der Waals surface area contributed by atoms with E-state index in [0.717, 1.165) is 18.7 Å². The fourth-order valence-electron chi connectivity index (χ4n) is 1.33. The highest BCUT2D eigenvalue weighted by Gasteiger charge is 2.24. The Kier molecular flexibility index (Phi) is 4.34. The fraction of sp³-hybridized carbons (Fsp3) is 0.182. The molecule has 0 aromatic heterocycles. The van der Waals surface area contributed by atoms with E-state index in [1.165, 1.54) is 0 Å². The van der Waals surface area contributed by atoms with Crippen LogP contribution in [0.4, 0.5) is 0 Å². The minimum atomic E-state index is -4.02. The van der Waals surface area contributed by atoms with Crippen LogP contribution in [0.1, 0.15) is 5.56 Å². The molecule has 0 atom stereocenters. The molecule has 0 amide bonds. The van der Waals surface area contributed by atoms with Gasteiger partial charge in [-0.1, -0.05) is 30.3 Å². The van der Waals surface area contributed by atoms with Crippen molar-refractivity contribution in [3.63, 3.8) is 0 Å². The van der Waals surface area contributed by atoms with E-state index in [1.54, 1.807) is 36.4 Å². The van der Waals surface area contributed by atoms with Crippen LogP contribution in [0.2, 0.25) is 0 Å². The lowest BCUT2D eigenvalue weighted by Crippen LogP contribution is -2.30. The summed E-state index contributed by atoms with van der Waals surface area (Å²) in [7, 11) is -8.04. The Morgan fingerprint density at radius 3 is 1.95 bits per heavy atom. The third-order valence-corrected chi connectivity index (χ3v) is 5.24. The fourth-order valence-corrected chi connectivity index (χ4v) is 3.89. The van der Waals surface area contributed by atoms with Gasteiger partial charge in [-0.25, -0.2) is 16.8 Å². The van der Waals surface area contributed by atoms with Gasteiger partial charge in [0.2, 0.25) is 20.0 Å². The van der Waals surface area contributed by atoms with Crippen LogP contribution in [0.25, 0.3) is 5.57 Å². The molecule has 0 heterocycles. The van der Waals surface area contributed by atoms with Crippen molar-refractivity contribution in [3.05, 3.63) is 42.1 Å². The highest BCUT2D eigenvalue weighted by atomic mass is 32.3. The first-order valence-electron chi connectivity index (χ1n) is 5.03.